The molecule has 19 heavy (non-hydrogen) atoms. The summed E-state index contributed by atoms with van der Waals surface area (Å²) >= 11 is 12.0. The lowest BCUT2D eigenvalue weighted by atomic mass is 9.79. The van der Waals surface area contributed by atoms with Crippen LogP contribution in [0.4, 0.5) is 0 Å². The normalized spacial score (nSPS) is 26.4. The molecule has 0 spiro atoms. The average molecular weight is 302 g/mol. The van der Waals surface area contributed by atoms with Gasteiger partial charge in [-0.1, -0.05) is 29.3 Å². The van der Waals surface area contributed by atoms with Gasteiger partial charge in [-0.05, 0) is 57.0 Å². The van der Waals surface area contributed by atoms with E-state index in [1.807, 2.05) is 25.1 Å². The van der Waals surface area contributed by atoms with Gasteiger partial charge in [-0.25, -0.2) is 0 Å². The Hall–Kier alpha value is -0.280. The van der Waals surface area contributed by atoms with E-state index < -0.39 is 0 Å². The molecule has 0 aromatic heterocycles. The van der Waals surface area contributed by atoms with Crippen LogP contribution in [0.5, 0.6) is 0 Å². The van der Waals surface area contributed by atoms with E-state index >= 15 is 0 Å². The van der Waals surface area contributed by atoms with Crippen molar-refractivity contribution in [3.8, 4) is 0 Å². The van der Waals surface area contributed by atoms with Crippen molar-refractivity contribution in [2.45, 2.75) is 25.9 Å². The van der Waals surface area contributed by atoms with E-state index in [0.717, 1.165) is 25.9 Å². The summed E-state index contributed by atoms with van der Waals surface area (Å²) in [7, 11) is 2.12. The second-order valence-corrected chi connectivity index (χ2v) is 6.48. The van der Waals surface area contributed by atoms with Gasteiger partial charge in [-0.15, -0.1) is 0 Å². The van der Waals surface area contributed by atoms with E-state index in [0.29, 0.717) is 21.9 Å². The van der Waals surface area contributed by atoms with E-state index in [1.54, 1.807) is 0 Å². The summed E-state index contributed by atoms with van der Waals surface area (Å²) in [5.74, 6) is 0.835. The molecule has 4 heteroatoms. The van der Waals surface area contributed by atoms with Crippen LogP contribution < -0.4 is 0 Å². The Kier molecular flexibility index (Phi) is 5.13. The second-order valence-electron chi connectivity index (χ2n) is 5.67. The molecule has 1 N–H and O–H groups in total. The number of likely N-dealkylation sites (tertiary alicyclic amines) is 1. The zero-order valence-electron chi connectivity index (χ0n) is 11.4. The highest BCUT2D eigenvalue weighted by Gasteiger charge is 2.30. The fourth-order valence-corrected chi connectivity index (χ4v) is 3.29. The van der Waals surface area contributed by atoms with E-state index in [4.69, 9.17) is 23.2 Å². The van der Waals surface area contributed by atoms with E-state index in [9.17, 15) is 5.11 Å². The molecule has 1 saturated heterocycles. The molecule has 1 aliphatic heterocycles. The van der Waals surface area contributed by atoms with Crippen molar-refractivity contribution in [3.63, 3.8) is 0 Å². The van der Waals surface area contributed by atoms with Gasteiger partial charge in [0.1, 0.15) is 0 Å². The van der Waals surface area contributed by atoms with Crippen LogP contribution in [0.25, 0.3) is 0 Å². The van der Waals surface area contributed by atoms with Crippen LogP contribution >= 0.6 is 23.2 Å². The van der Waals surface area contributed by atoms with Crippen molar-refractivity contribution in [3.05, 3.63) is 33.8 Å². The van der Waals surface area contributed by atoms with Gasteiger partial charge in [0.2, 0.25) is 0 Å². The molecule has 0 aliphatic carbocycles. The molecule has 1 aromatic carbocycles. The topological polar surface area (TPSA) is 23.5 Å². The van der Waals surface area contributed by atoms with Gasteiger partial charge < -0.3 is 10.0 Å². The van der Waals surface area contributed by atoms with Crippen LogP contribution in [0.1, 0.15) is 18.9 Å². The van der Waals surface area contributed by atoms with Gasteiger partial charge in [0.25, 0.3) is 0 Å². The largest absolute Gasteiger partial charge is 0.393 e. The molecule has 106 valence electrons. The quantitative estimate of drug-likeness (QED) is 0.924. The molecule has 0 bridgehead atoms. The lowest BCUT2D eigenvalue weighted by Gasteiger charge is -2.38. The van der Waals surface area contributed by atoms with E-state index in [1.165, 1.54) is 5.56 Å². The molecule has 2 nitrogen and oxygen atoms in total. The SMILES string of the molecule is CC(O)C1CN(C)CCC1Cc1ccc(Cl)c(Cl)c1. The Labute approximate surface area is 125 Å². The maximum absolute atomic E-state index is 9.97. The highest BCUT2D eigenvalue weighted by Crippen LogP contribution is 2.31. The standard InChI is InChI=1S/C15H21Cl2NO/c1-10(19)13-9-18(2)6-5-12(13)7-11-3-4-14(16)15(17)8-11/h3-4,8,10,12-13,19H,5-7,9H2,1-2H3. The Morgan fingerprint density at radius 3 is 2.74 bits per heavy atom. The highest BCUT2D eigenvalue weighted by atomic mass is 35.5. The van der Waals surface area contributed by atoms with E-state index in [-0.39, 0.29) is 6.10 Å². The fourth-order valence-electron chi connectivity index (χ4n) is 2.97. The smallest absolute Gasteiger partial charge is 0.0595 e. The molecule has 2 rings (SSSR count). The summed E-state index contributed by atoms with van der Waals surface area (Å²) in [5.41, 5.74) is 1.20. The van der Waals surface area contributed by atoms with Crippen molar-refractivity contribution in [1.82, 2.24) is 4.90 Å². The Morgan fingerprint density at radius 1 is 1.37 bits per heavy atom. The predicted molar refractivity (Wildman–Crippen MR) is 80.9 cm³/mol. The number of aliphatic hydroxyl groups is 1. The number of hydrogen-bond acceptors (Lipinski definition) is 2. The molecular formula is C15H21Cl2NO. The summed E-state index contributed by atoms with van der Waals surface area (Å²) in [4.78, 5) is 2.29. The van der Waals surface area contributed by atoms with Crippen molar-refractivity contribution < 1.29 is 5.11 Å². The highest BCUT2D eigenvalue weighted by molar-refractivity contribution is 6.42. The maximum Gasteiger partial charge on any atom is 0.0595 e. The number of benzene rings is 1. The minimum Gasteiger partial charge on any atom is -0.393 e. The Balaban J connectivity index is 2.09. The predicted octanol–water partition coefficient (Wildman–Crippen LogP) is 3.48. The summed E-state index contributed by atoms with van der Waals surface area (Å²) in [6.45, 7) is 3.95. The van der Waals surface area contributed by atoms with E-state index in [2.05, 4.69) is 11.9 Å². The number of piperidine rings is 1. The molecule has 1 aromatic rings. The first-order valence-electron chi connectivity index (χ1n) is 6.78. The summed E-state index contributed by atoms with van der Waals surface area (Å²) in [6, 6.07) is 5.83. The maximum atomic E-state index is 9.97. The number of aliphatic hydroxyl groups excluding tert-OH is 1. The molecule has 0 radical (unpaired) electrons. The molecule has 0 saturated carbocycles. The van der Waals surface area contributed by atoms with Crippen LogP contribution in [0.3, 0.4) is 0 Å². The van der Waals surface area contributed by atoms with Gasteiger partial charge in [-0.2, -0.15) is 0 Å². The monoisotopic (exact) mass is 301 g/mol. The third-order valence-electron chi connectivity index (χ3n) is 4.11. The van der Waals surface area contributed by atoms with Crippen LogP contribution in [0.15, 0.2) is 18.2 Å². The van der Waals surface area contributed by atoms with Gasteiger partial charge in [0.05, 0.1) is 16.1 Å². The lowest BCUT2D eigenvalue weighted by Crippen LogP contribution is -2.43. The third kappa shape index (κ3) is 3.85. The number of hydrogen-bond donors (Lipinski definition) is 1. The molecule has 1 fully saturated rings. The van der Waals surface area contributed by atoms with Crippen LogP contribution in [-0.4, -0.2) is 36.2 Å². The first-order chi connectivity index (χ1) is 8.97. The van der Waals surface area contributed by atoms with Gasteiger partial charge >= 0.3 is 0 Å². The summed E-state index contributed by atoms with van der Waals surface area (Å²) < 4.78 is 0. The summed E-state index contributed by atoms with van der Waals surface area (Å²) in [6.07, 6.45) is 1.81. The number of rotatable bonds is 3. The second kappa shape index (κ2) is 6.45. The van der Waals surface area contributed by atoms with Crippen molar-refractivity contribution in [2.75, 3.05) is 20.1 Å². The van der Waals surface area contributed by atoms with Crippen molar-refractivity contribution in [1.29, 1.82) is 0 Å². The number of halogens is 2. The third-order valence-corrected chi connectivity index (χ3v) is 4.85. The van der Waals surface area contributed by atoms with Crippen molar-refractivity contribution >= 4 is 23.2 Å². The molecule has 3 atom stereocenters. The van der Waals surface area contributed by atoms with Crippen LogP contribution in [0.2, 0.25) is 10.0 Å². The molecular weight excluding hydrogens is 281 g/mol. The van der Waals surface area contributed by atoms with Gasteiger partial charge in [0, 0.05) is 12.5 Å². The Bertz CT molecular complexity index is 436. The number of nitrogens with zero attached hydrogens (tertiary/aromatic N) is 1. The van der Waals surface area contributed by atoms with Crippen LogP contribution in [-0.2, 0) is 6.42 Å². The molecule has 1 aliphatic rings. The van der Waals surface area contributed by atoms with Crippen LogP contribution in [0, 0.1) is 11.8 Å². The van der Waals surface area contributed by atoms with Gasteiger partial charge in [-0.3, -0.25) is 0 Å². The zero-order chi connectivity index (χ0) is 14.0. The molecule has 1 heterocycles. The average Bonchev–Trinajstić information content (AvgIpc) is 2.36. The summed E-state index contributed by atoms with van der Waals surface area (Å²) in [5, 5.41) is 11.2. The minimum atomic E-state index is -0.268. The fraction of sp³-hybridized carbons (Fsp3) is 0.600. The minimum absolute atomic E-state index is 0.268. The first-order valence-corrected chi connectivity index (χ1v) is 7.53. The van der Waals surface area contributed by atoms with Gasteiger partial charge in [0.15, 0.2) is 0 Å². The zero-order valence-corrected chi connectivity index (χ0v) is 13.0. The Morgan fingerprint density at radius 2 is 2.11 bits per heavy atom. The molecule has 3 unspecified atom stereocenters. The molecule has 0 amide bonds. The lowest BCUT2D eigenvalue weighted by molar-refractivity contribution is 0.0321. The first kappa shape index (κ1) is 15.1. The van der Waals surface area contributed by atoms with Crippen molar-refractivity contribution in [2.24, 2.45) is 11.8 Å².